The molecule has 266 valence electrons. The molecule has 0 spiro atoms. The van der Waals surface area contributed by atoms with Crippen LogP contribution in [0.15, 0.2) is 205 Å². The Balaban J connectivity index is 1.12. The van der Waals surface area contributed by atoms with E-state index in [9.17, 15) is 0 Å². The van der Waals surface area contributed by atoms with E-state index in [1.165, 1.54) is 34.1 Å². The van der Waals surface area contributed by atoms with Crippen molar-refractivity contribution in [3.8, 4) is 39.5 Å². The van der Waals surface area contributed by atoms with Crippen LogP contribution in [-0.2, 0) is 0 Å². The second-order valence-electron chi connectivity index (χ2n) is 14.8. The average Bonchev–Trinajstić information content (AvgIpc) is 3.93. The van der Waals surface area contributed by atoms with E-state index in [2.05, 4.69) is 199 Å². The van der Waals surface area contributed by atoms with Gasteiger partial charge in [0.2, 0.25) is 0 Å². The third kappa shape index (κ3) is 4.62. The van der Waals surface area contributed by atoms with E-state index in [-0.39, 0.29) is 0 Å². The average molecular weight is 788 g/mol. The molecule has 0 unspecified atom stereocenters. The van der Waals surface area contributed by atoms with Crippen LogP contribution in [0.3, 0.4) is 0 Å². The number of furan rings is 1. The summed E-state index contributed by atoms with van der Waals surface area (Å²) in [6, 6.07) is 72.1. The van der Waals surface area contributed by atoms with Crippen LogP contribution in [0.1, 0.15) is 0 Å². The molecule has 3 aromatic heterocycles. The molecule has 4 heterocycles. The van der Waals surface area contributed by atoms with E-state index in [1.54, 1.807) is 0 Å². The van der Waals surface area contributed by atoms with Crippen molar-refractivity contribution >= 4 is 74.7 Å². The molecule has 0 atom stereocenters. The van der Waals surface area contributed by atoms with Crippen LogP contribution in [0.2, 0.25) is 0 Å². The van der Waals surface area contributed by atoms with Crippen molar-refractivity contribution in [2.24, 2.45) is 0 Å². The van der Waals surface area contributed by atoms with Crippen LogP contribution in [0.4, 0.5) is 0 Å². The number of aromatic nitrogens is 3. The molecular formula is C52H33GeN3O. The minimum atomic E-state index is -3.65. The van der Waals surface area contributed by atoms with Crippen molar-refractivity contribution in [1.82, 2.24) is 14.5 Å². The third-order valence-corrected chi connectivity index (χ3v) is 21.8. The first kappa shape index (κ1) is 32.2. The van der Waals surface area contributed by atoms with Gasteiger partial charge in [0.05, 0.1) is 0 Å². The Labute approximate surface area is 331 Å². The summed E-state index contributed by atoms with van der Waals surface area (Å²) in [6.45, 7) is 0. The standard InChI is InChI=1S/C52H33GeN3O/c1-4-16-35(17-5-1)52-54-50(49-39-22-10-13-25-42(39)53(51(49)55-52,36-18-6-2-7-19-36)37-20-8-3-9-21-37)34-28-30-38(31-29-34)56-43-26-14-11-23-40(43)47-44(56)32-33-46-48(47)41-24-12-15-27-45(41)57-46/h1-33H. The Hall–Kier alpha value is -7.02. The summed E-state index contributed by atoms with van der Waals surface area (Å²) in [5.74, 6) is 0.752. The number of para-hydroxylation sites is 2. The molecule has 12 rings (SSSR count). The van der Waals surface area contributed by atoms with Gasteiger partial charge in [0.15, 0.2) is 0 Å². The van der Waals surface area contributed by atoms with E-state index < -0.39 is 13.3 Å². The summed E-state index contributed by atoms with van der Waals surface area (Å²) in [7, 11) is 0. The molecule has 0 saturated carbocycles. The van der Waals surface area contributed by atoms with Crippen molar-refractivity contribution in [1.29, 1.82) is 0 Å². The van der Waals surface area contributed by atoms with Crippen LogP contribution >= 0.6 is 0 Å². The third-order valence-electron chi connectivity index (χ3n) is 11.9. The van der Waals surface area contributed by atoms with Crippen LogP contribution in [0, 0.1) is 0 Å². The summed E-state index contributed by atoms with van der Waals surface area (Å²) < 4.78 is 14.0. The van der Waals surface area contributed by atoms with Gasteiger partial charge >= 0.3 is 299 Å². The van der Waals surface area contributed by atoms with Crippen molar-refractivity contribution < 1.29 is 4.42 Å². The fourth-order valence-corrected chi connectivity index (χ4v) is 20.0. The van der Waals surface area contributed by atoms with Gasteiger partial charge in [0, 0.05) is 0 Å². The zero-order chi connectivity index (χ0) is 37.5. The molecule has 5 heteroatoms. The van der Waals surface area contributed by atoms with Crippen LogP contribution < -0.4 is 17.7 Å². The molecule has 0 saturated heterocycles. The first-order valence-electron chi connectivity index (χ1n) is 19.4. The van der Waals surface area contributed by atoms with Crippen LogP contribution in [0.25, 0.3) is 83.2 Å². The Kier molecular flexibility index (Phi) is 7.07. The maximum atomic E-state index is 6.35. The Bertz CT molecular complexity index is 3300. The molecule has 1 aliphatic rings. The van der Waals surface area contributed by atoms with Gasteiger partial charge in [-0.25, -0.2) is 0 Å². The van der Waals surface area contributed by atoms with E-state index in [0.717, 1.165) is 66.9 Å². The zero-order valence-electron chi connectivity index (χ0n) is 30.8. The monoisotopic (exact) mass is 789 g/mol. The molecule has 0 N–H and O–H groups in total. The second-order valence-corrected chi connectivity index (χ2v) is 22.5. The van der Waals surface area contributed by atoms with Gasteiger partial charge in [0.1, 0.15) is 5.58 Å². The number of rotatable bonds is 5. The molecule has 1 aliphatic heterocycles. The van der Waals surface area contributed by atoms with E-state index >= 15 is 0 Å². The Morgan fingerprint density at radius 1 is 0.439 bits per heavy atom. The van der Waals surface area contributed by atoms with Crippen molar-refractivity contribution in [3.63, 3.8) is 0 Å². The van der Waals surface area contributed by atoms with Crippen LogP contribution in [0.5, 0.6) is 0 Å². The molecule has 0 fully saturated rings. The fourth-order valence-electron chi connectivity index (χ4n) is 9.52. The van der Waals surface area contributed by atoms with Gasteiger partial charge in [-0.15, -0.1) is 0 Å². The fraction of sp³-hybridized carbons (Fsp3) is 0. The van der Waals surface area contributed by atoms with Crippen molar-refractivity contribution in [2.75, 3.05) is 0 Å². The number of nitrogens with zero attached hydrogens (tertiary/aromatic N) is 3. The van der Waals surface area contributed by atoms with E-state index in [0.29, 0.717) is 0 Å². The number of fused-ring (bicyclic) bond motifs is 10. The van der Waals surface area contributed by atoms with Gasteiger partial charge in [-0.1, -0.05) is 18.2 Å². The molecule has 57 heavy (non-hydrogen) atoms. The Morgan fingerprint density at radius 2 is 1.07 bits per heavy atom. The van der Waals surface area contributed by atoms with Crippen molar-refractivity contribution in [3.05, 3.63) is 200 Å². The summed E-state index contributed by atoms with van der Waals surface area (Å²) in [5.41, 5.74) is 10.6. The molecule has 8 aromatic carbocycles. The minimum absolute atomic E-state index is 0.752. The predicted octanol–water partition coefficient (Wildman–Crippen LogP) is 10.2. The van der Waals surface area contributed by atoms with Gasteiger partial charge < -0.3 is 4.42 Å². The molecule has 4 nitrogen and oxygen atoms in total. The molecular weight excluding hydrogens is 755 g/mol. The number of benzene rings is 8. The molecule has 0 aliphatic carbocycles. The summed E-state index contributed by atoms with van der Waals surface area (Å²) in [5, 5.41) is 4.70. The van der Waals surface area contributed by atoms with Gasteiger partial charge in [-0.05, 0) is 6.07 Å². The summed E-state index contributed by atoms with van der Waals surface area (Å²) >= 11 is -3.65. The first-order valence-corrected chi connectivity index (χ1v) is 23.6. The summed E-state index contributed by atoms with van der Waals surface area (Å²) in [4.78, 5) is 11.1. The summed E-state index contributed by atoms with van der Waals surface area (Å²) in [6.07, 6.45) is 0. The molecule has 0 amide bonds. The van der Waals surface area contributed by atoms with Crippen molar-refractivity contribution in [2.45, 2.75) is 0 Å². The Morgan fingerprint density at radius 3 is 1.82 bits per heavy atom. The zero-order valence-corrected chi connectivity index (χ0v) is 32.9. The maximum absolute atomic E-state index is 6.35. The predicted molar refractivity (Wildman–Crippen MR) is 237 cm³/mol. The quantitative estimate of drug-likeness (QED) is 0.163. The number of hydrogen-bond acceptors (Lipinski definition) is 3. The van der Waals surface area contributed by atoms with Gasteiger partial charge in [0.25, 0.3) is 0 Å². The first-order chi connectivity index (χ1) is 28.3. The number of hydrogen-bond donors (Lipinski definition) is 0. The van der Waals surface area contributed by atoms with Gasteiger partial charge in [-0.3, -0.25) is 0 Å². The SMILES string of the molecule is c1ccc(-c2nc(-c3ccc(-n4c5ccccc5c5c6c(ccc54)oc4ccccc46)cc3)c3[c](n2)[Ge]([c]2ccccc2)([c]2ccccc2)[c]2ccccc2-3)cc1. The molecule has 11 aromatic rings. The van der Waals surface area contributed by atoms with E-state index in [4.69, 9.17) is 14.4 Å². The van der Waals surface area contributed by atoms with Gasteiger partial charge in [-0.2, -0.15) is 0 Å². The topological polar surface area (TPSA) is 43.9 Å². The van der Waals surface area contributed by atoms with E-state index in [1.807, 2.05) is 6.07 Å². The second kappa shape index (κ2) is 12.5. The molecule has 0 bridgehead atoms. The molecule has 0 radical (unpaired) electrons. The van der Waals surface area contributed by atoms with Crippen LogP contribution in [-0.4, -0.2) is 27.8 Å². The normalized spacial score (nSPS) is 13.1.